The molecular weight excluding hydrogens is 294 g/mol. The van der Waals surface area contributed by atoms with E-state index in [1.54, 1.807) is 4.68 Å². The average Bonchev–Trinajstić information content (AvgIpc) is 3.12. The molecule has 0 saturated carbocycles. The summed E-state index contributed by atoms with van der Waals surface area (Å²) in [5.41, 5.74) is 4.61. The van der Waals surface area contributed by atoms with E-state index in [1.165, 1.54) is 22.5 Å². The molecule has 0 atom stereocenters. The van der Waals surface area contributed by atoms with Gasteiger partial charge in [-0.1, -0.05) is 35.0 Å². The lowest BCUT2D eigenvalue weighted by Crippen LogP contribution is -2.05. The number of nitrogens with zero attached hydrogens (tertiary/aromatic N) is 5. The van der Waals surface area contributed by atoms with E-state index in [0.29, 0.717) is 12.1 Å². The zero-order chi connectivity index (χ0) is 15.5. The van der Waals surface area contributed by atoms with Crippen molar-refractivity contribution in [1.82, 2.24) is 20.0 Å². The second-order valence-electron chi connectivity index (χ2n) is 5.17. The minimum Gasteiger partial charge on any atom is -0.224 e. The highest BCUT2D eigenvalue weighted by atomic mass is 32.1. The number of aromatic nitrogens is 4. The van der Waals surface area contributed by atoms with Crippen LogP contribution in [0.25, 0.3) is 5.13 Å². The van der Waals surface area contributed by atoms with Gasteiger partial charge in [0.15, 0.2) is 5.69 Å². The van der Waals surface area contributed by atoms with Crippen LogP contribution in [0, 0.1) is 25.2 Å². The molecule has 3 rings (SSSR count). The maximum absolute atomic E-state index is 9.23. The largest absolute Gasteiger partial charge is 0.224 e. The van der Waals surface area contributed by atoms with Gasteiger partial charge in [0.2, 0.25) is 5.13 Å². The third-order valence-corrected chi connectivity index (χ3v) is 4.36. The molecule has 0 N–H and O–H groups in total. The minimum atomic E-state index is 0.375. The first-order valence-corrected chi connectivity index (χ1v) is 7.88. The lowest BCUT2D eigenvalue weighted by Gasteiger charge is -2.04. The van der Waals surface area contributed by atoms with Gasteiger partial charge in [0.25, 0.3) is 0 Å². The molecule has 0 radical (unpaired) electrons. The van der Waals surface area contributed by atoms with Crippen molar-refractivity contribution in [2.75, 3.05) is 0 Å². The summed E-state index contributed by atoms with van der Waals surface area (Å²) >= 11 is 1.50. The Morgan fingerprint density at radius 2 is 1.95 bits per heavy atom. The van der Waals surface area contributed by atoms with Crippen LogP contribution in [0.3, 0.4) is 0 Å². The van der Waals surface area contributed by atoms with Gasteiger partial charge in [-0.2, -0.15) is 9.94 Å². The van der Waals surface area contributed by atoms with E-state index in [9.17, 15) is 5.26 Å². The van der Waals surface area contributed by atoms with Crippen molar-refractivity contribution in [3.8, 4) is 11.2 Å². The summed E-state index contributed by atoms with van der Waals surface area (Å²) in [6.07, 6.45) is 1.55. The van der Waals surface area contributed by atoms with E-state index < -0.39 is 0 Å². The van der Waals surface area contributed by atoms with Crippen molar-refractivity contribution >= 4 is 11.3 Å². The molecule has 5 nitrogen and oxygen atoms in total. The molecule has 0 amide bonds. The Labute approximate surface area is 132 Å². The smallest absolute Gasteiger partial charge is 0.212 e. The van der Waals surface area contributed by atoms with Gasteiger partial charge in [0.05, 0.1) is 11.4 Å². The van der Waals surface area contributed by atoms with Crippen molar-refractivity contribution in [3.05, 3.63) is 57.9 Å². The quantitative estimate of drug-likeness (QED) is 0.743. The number of rotatable bonds is 4. The molecule has 22 heavy (non-hydrogen) atoms. The molecule has 0 spiro atoms. The van der Waals surface area contributed by atoms with Crippen molar-refractivity contribution in [2.45, 2.75) is 26.7 Å². The lowest BCUT2D eigenvalue weighted by molar-refractivity contribution is 0.745. The topological polar surface area (TPSA) is 67.4 Å². The average molecular weight is 309 g/mol. The SMILES string of the molecule is Cc1ccc(CCc2c(C#N)nnn2-c2nc(C)cs2)cc1. The highest BCUT2D eigenvalue weighted by Gasteiger charge is 2.16. The Kier molecular flexibility index (Phi) is 3.98. The van der Waals surface area contributed by atoms with Gasteiger partial charge in [-0.25, -0.2) is 4.98 Å². The lowest BCUT2D eigenvalue weighted by atomic mass is 10.1. The molecule has 3 aromatic rings. The molecule has 0 aliphatic rings. The van der Waals surface area contributed by atoms with Crippen LogP contribution in [0.1, 0.15) is 28.2 Å². The number of benzene rings is 1. The van der Waals surface area contributed by atoms with Crippen LogP contribution in [0.4, 0.5) is 0 Å². The first-order chi connectivity index (χ1) is 10.7. The fourth-order valence-electron chi connectivity index (χ4n) is 2.22. The molecule has 0 fully saturated rings. The molecule has 2 aromatic heterocycles. The van der Waals surface area contributed by atoms with E-state index >= 15 is 0 Å². The number of nitriles is 1. The second-order valence-corrected chi connectivity index (χ2v) is 6.00. The van der Waals surface area contributed by atoms with Gasteiger partial charge in [0, 0.05) is 5.38 Å². The second kappa shape index (κ2) is 6.08. The molecule has 0 aliphatic heterocycles. The van der Waals surface area contributed by atoms with Crippen LogP contribution in [0.2, 0.25) is 0 Å². The van der Waals surface area contributed by atoms with Crippen LogP contribution in [-0.4, -0.2) is 20.0 Å². The Morgan fingerprint density at radius 3 is 2.59 bits per heavy atom. The van der Waals surface area contributed by atoms with Crippen LogP contribution in [0.5, 0.6) is 0 Å². The highest BCUT2D eigenvalue weighted by molar-refractivity contribution is 7.12. The maximum atomic E-state index is 9.23. The molecule has 0 unspecified atom stereocenters. The molecule has 1 aromatic carbocycles. The predicted octanol–water partition coefficient (Wildman–Crippen LogP) is 3.00. The van der Waals surface area contributed by atoms with Gasteiger partial charge in [-0.3, -0.25) is 0 Å². The van der Waals surface area contributed by atoms with Crippen LogP contribution in [0.15, 0.2) is 29.6 Å². The fourth-order valence-corrected chi connectivity index (χ4v) is 2.99. The maximum Gasteiger partial charge on any atom is 0.212 e. The van der Waals surface area contributed by atoms with Crippen molar-refractivity contribution in [3.63, 3.8) is 0 Å². The molecule has 110 valence electrons. The van der Waals surface area contributed by atoms with Crippen molar-refractivity contribution < 1.29 is 0 Å². The van der Waals surface area contributed by atoms with Gasteiger partial charge in [-0.15, -0.1) is 16.4 Å². The van der Waals surface area contributed by atoms with Gasteiger partial charge < -0.3 is 0 Å². The fraction of sp³-hybridized carbons (Fsp3) is 0.250. The normalized spacial score (nSPS) is 10.6. The predicted molar refractivity (Wildman–Crippen MR) is 85.1 cm³/mol. The Hall–Kier alpha value is -2.52. The van der Waals surface area contributed by atoms with E-state index in [-0.39, 0.29) is 0 Å². The van der Waals surface area contributed by atoms with Gasteiger partial charge in [-0.05, 0) is 32.3 Å². The van der Waals surface area contributed by atoms with Crippen LogP contribution < -0.4 is 0 Å². The molecule has 0 aliphatic carbocycles. The molecule has 0 bridgehead atoms. The summed E-state index contributed by atoms with van der Waals surface area (Å²) in [4.78, 5) is 4.43. The molecular formula is C16H15N5S. The zero-order valence-corrected chi connectivity index (χ0v) is 13.3. The standard InChI is InChI=1S/C16H15N5S/c1-11-3-5-13(6-4-11)7-8-15-14(9-17)19-20-21(15)16-18-12(2)10-22-16/h3-6,10H,7-8H2,1-2H3. The summed E-state index contributed by atoms with van der Waals surface area (Å²) in [6.45, 7) is 4.01. The van der Waals surface area contributed by atoms with Crippen LogP contribution in [-0.2, 0) is 12.8 Å². The van der Waals surface area contributed by atoms with E-state index in [1.807, 2.05) is 12.3 Å². The monoisotopic (exact) mass is 309 g/mol. The van der Waals surface area contributed by atoms with Crippen molar-refractivity contribution in [2.24, 2.45) is 0 Å². The number of thiazole rings is 1. The zero-order valence-electron chi connectivity index (χ0n) is 12.4. The Balaban J connectivity index is 1.87. The Bertz CT molecular complexity index is 823. The number of hydrogen-bond acceptors (Lipinski definition) is 5. The van der Waals surface area contributed by atoms with E-state index in [0.717, 1.165) is 22.9 Å². The highest BCUT2D eigenvalue weighted by Crippen LogP contribution is 2.18. The third kappa shape index (κ3) is 2.90. The van der Waals surface area contributed by atoms with E-state index in [4.69, 9.17) is 0 Å². The molecule has 0 saturated heterocycles. The summed E-state index contributed by atoms with van der Waals surface area (Å²) in [5.74, 6) is 0. The summed E-state index contributed by atoms with van der Waals surface area (Å²) in [6, 6.07) is 10.5. The van der Waals surface area contributed by atoms with Gasteiger partial charge >= 0.3 is 0 Å². The summed E-state index contributed by atoms with van der Waals surface area (Å²) < 4.78 is 1.68. The third-order valence-electron chi connectivity index (χ3n) is 3.43. The number of aryl methyl sites for hydroxylation is 3. The summed E-state index contributed by atoms with van der Waals surface area (Å²) in [5, 5.41) is 20.0. The first kappa shape index (κ1) is 14.4. The summed E-state index contributed by atoms with van der Waals surface area (Å²) in [7, 11) is 0. The molecule has 2 heterocycles. The number of hydrogen-bond donors (Lipinski definition) is 0. The minimum absolute atomic E-state index is 0.375. The van der Waals surface area contributed by atoms with Gasteiger partial charge in [0.1, 0.15) is 6.07 Å². The van der Waals surface area contributed by atoms with Crippen LogP contribution >= 0.6 is 11.3 Å². The molecule has 6 heteroatoms. The van der Waals surface area contributed by atoms with E-state index in [2.05, 4.69) is 52.6 Å². The Morgan fingerprint density at radius 1 is 1.18 bits per heavy atom. The van der Waals surface area contributed by atoms with Crippen molar-refractivity contribution in [1.29, 1.82) is 5.26 Å². The first-order valence-electron chi connectivity index (χ1n) is 7.00.